The molecule has 0 unspecified atom stereocenters. The molecule has 2 amide bonds. The second kappa shape index (κ2) is 7.03. The summed E-state index contributed by atoms with van der Waals surface area (Å²) in [6.07, 6.45) is 1.59. The highest BCUT2D eigenvalue weighted by Gasteiger charge is 2.81. The molecule has 2 N–H and O–H groups in total. The number of carbonyl (C=O) groups excluding carboxylic acids is 3. The molecule has 4 aliphatic rings. The Hall–Kier alpha value is -3.00. The molecule has 7 rings (SSSR count). The zero-order chi connectivity index (χ0) is 24.1. The van der Waals surface area contributed by atoms with Gasteiger partial charge in [0.05, 0.1) is 21.5 Å². The van der Waals surface area contributed by atoms with Gasteiger partial charge < -0.3 is 10.6 Å². The highest BCUT2D eigenvalue weighted by molar-refractivity contribution is 7.12. The Morgan fingerprint density at radius 3 is 2.71 bits per heavy atom. The smallest absolute Gasteiger partial charge is 0.251 e. The molecule has 2 fully saturated rings. The molecule has 4 atom stereocenters. The van der Waals surface area contributed by atoms with Crippen molar-refractivity contribution in [2.24, 2.45) is 5.92 Å². The predicted octanol–water partition coefficient (Wildman–Crippen LogP) is 4.72. The Bertz CT molecular complexity index is 1450. The summed E-state index contributed by atoms with van der Waals surface area (Å²) in [5.74, 6) is -1.40. The lowest BCUT2D eigenvalue weighted by atomic mass is 9.57. The fourth-order valence-electron chi connectivity index (χ4n) is 7.34. The van der Waals surface area contributed by atoms with Crippen LogP contribution in [0, 0.1) is 12.8 Å². The molecular formula is C27H22ClN3O3S. The van der Waals surface area contributed by atoms with Crippen molar-refractivity contribution in [3.8, 4) is 0 Å². The maximum atomic E-state index is 14.4. The first-order chi connectivity index (χ1) is 16.9. The molecule has 4 aliphatic heterocycles. The number of hydrogen-bond donors (Lipinski definition) is 2. The van der Waals surface area contributed by atoms with Crippen LogP contribution in [0.1, 0.15) is 39.2 Å². The topological polar surface area (TPSA) is 78.5 Å². The summed E-state index contributed by atoms with van der Waals surface area (Å²) < 4.78 is 0. The van der Waals surface area contributed by atoms with Crippen molar-refractivity contribution < 1.29 is 14.4 Å². The molecule has 6 nitrogen and oxygen atoms in total. The lowest BCUT2D eigenvalue weighted by Crippen LogP contribution is -2.62. The van der Waals surface area contributed by atoms with E-state index >= 15 is 0 Å². The first-order valence-corrected chi connectivity index (χ1v) is 13.1. The first kappa shape index (κ1) is 21.3. The largest absolute Gasteiger partial charge is 0.325 e. The lowest BCUT2D eigenvalue weighted by molar-refractivity contribution is -0.137. The number of nitrogens with zero attached hydrogens (tertiary/aromatic N) is 1. The number of carbonyl (C=O) groups is 3. The van der Waals surface area contributed by atoms with Gasteiger partial charge in [0, 0.05) is 17.3 Å². The molecule has 0 bridgehead atoms. The van der Waals surface area contributed by atoms with Crippen LogP contribution in [0.25, 0.3) is 0 Å². The van der Waals surface area contributed by atoms with Crippen LogP contribution in [-0.4, -0.2) is 35.1 Å². The molecule has 2 spiro atoms. The van der Waals surface area contributed by atoms with E-state index in [4.69, 9.17) is 11.6 Å². The monoisotopic (exact) mass is 503 g/mol. The van der Waals surface area contributed by atoms with Crippen LogP contribution in [0.4, 0.5) is 11.4 Å². The average molecular weight is 504 g/mol. The number of nitrogens with one attached hydrogen (secondary N) is 2. The number of benzene rings is 2. The molecule has 8 heteroatoms. The van der Waals surface area contributed by atoms with Gasteiger partial charge in [-0.2, -0.15) is 0 Å². The Labute approximate surface area is 211 Å². The van der Waals surface area contributed by atoms with Crippen molar-refractivity contribution in [1.82, 2.24) is 4.90 Å². The fraction of sp³-hybridized carbons (Fsp3) is 0.296. The number of aryl methyl sites for hydroxylation is 1. The molecule has 0 aliphatic carbocycles. The van der Waals surface area contributed by atoms with Crippen molar-refractivity contribution in [3.63, 3.8) is 0 Å². The zero-order valence-electron chi connectivity index (χ0n) is 18.9. The van der Waals surface area contributed by atoms with Gasteiger partial charge in [0.1, 0.15) is 11.0 Å². The number of hydrogen-bond acceptors (Lipinski definition) is 5. The summed E-state index contributed by atoms with van der Waals surface area (Å²) in [4.78, 5) is 45.7. The van der Waals surface area contributed by atoms with E-state index in [9.17, 15) is 14.4 Å². The van der Waals surface area contributed by atoms with Crippen molar-refractivity contribution >= 4 is 51.9 Å². The van der Waals surface area contributed by atoms with E-state index in [2.05, 4.69) is 15.5 Å². The van der Waals surface area contributed by atoms with Gasteiger partial charge in [-0.15, -0.1) is 11.3 Å². The summed E-state index contributed by atoms with van der Waals surface area (Å²) in [6, 6.07) is 14.7. The molecular weight excluding hydrogens is 482 g/mol. The number of anilines is 2. The van der Waals surface area contributed by atoms with Crippen molar-refractivity contribution in [3.05, 3.63) is 80.5 Å². The normalized spacial score (nSPS) is 30.5. The Kier molecular flexibility index (Phi) is 4.28. The first-order valence-electron chi connectivity index (χ1n) is 11.8. The van der Waals surface area contributed by atoms with E-state index in [1.165, 1.54) is 11.3 Å². The number of fused-ring (bicyclic) bond motifs is 7. The van der Waals surface area contributed by atoms with E-state index in [0.717, 1.165) is 18.4 Å². The number of halogens is 1. The highest BCUT2D eigenvalue weighted by Crippen LogP contribution is 2.68. The third-order valence-electron chi connectivity index (χ3n) is 8.35. The van der Waals surface area contributed by atoms with Gasteiger partial charge in [-0.1, -0.05) is 41.9 Å². The van der Waals surface area contributed by atoms with Crippen LogP contribution in [0.5, 0.6) is 0 Å². The molecule has 5 heterocycles. The number of ketones is 1. The Morgan fingerprint density at radius 2 is 1.91 bits per heavy atom. The molecule has 0 saturated carbocycles. The van der Waals surface area contributed by atoms with Gasteiger partial charge in [0.25, 0.3) is 5.91 Å². The molecule has 2 aromatic carbocycles. The number of rotatable bonds is 2. The summed E-state index contributed by atoms with van der Waals surface area (Å²) in [7, 11) is 0. The number of amides is 2. The minimum Gasteiger partial charge on any atom is -0.325 e. The zero-order valence-corrected chi connectivity index (χ0v) is 20.5. The molecule has 3 aromatic rings. The molecule has 0 radical (unpaired) electrons. The minimum atomic E-state index is -1.43. The van der Waals surface area contributed by atoms with Crippen LogP contribution >= 0.6 is 22.9 Å². The number of thiophene rings is 1. The van der Waals surface area contributed by atoms with E-state index in [1.807, 2.05) is 60.8 Å². The van der Waals surface area contributed by atoms with E-state index in [1.54, 1.807) is 0 Å². The van der Waals surface area contributed by atoms with Gasteiger partial charge in [-0.05, 0) is 61.0 Å². The van der Waals surface area contributed by atoms with Gasteiger partial charge in [-0.25, -0.2) is 0 Å². The van der Waals surface area contributed by atoms with E-state index in [0.29, 0.717) is 38.9 Å². The Morgan fingerprint density at radius 1 is 1.09 bits per heavy atom. The van der Waals surface area contributed by atoms with Crippen LogP contribution in [-0.2, 0) is 20.5 Å². The Balaban J connectivity index is 1.63. The van der Waals surface area contributed by atoms with E-state index in [-0.39, 0.29) is 23.6 Å². The van der Waals surface area contributed by atoms with Gasteiger partial charge >= 0.3 is 0 Å². The average Bonchev–Trinajstić information content (AvgIpc) is 3.62. The second-order valence-electron chi connectivity index (χ2n) is 9.86. The molecule has 1 aromatic heterocycles. The van der Waals surface area contributed by atoms with Gasteiger partial charge in [-0.3, -0.25) is 19.3 Å². The van der Waals surface area contributed by atoms with Crippen LogP contribution in [0.2, 0.25) is 5.02 Å². The number of para-hydroxylation sites is 1. The third-order valence-corrected chi connectivity index (χ3v) is 9.53. The third kappa shape index (κ3) is 2.32. The summed E-state index contributed by atoms with van der Waals surface area (Å²) in [5, 5.41) is 8.40. The van der Waals surface area contributed by atoms with Crippen LogP contribution in [0.15, 0.2) is 53.9 Å². The second-order valence-corrected chi connectivity index (χ2v) is 11.2. The van der Waals surface area contributed by atoms with Crippen molar-refractivity contribution in [2.45, 2.75) is 36.8 Å². The van der Waals surface area contributed by atoms with Crippen molar-refractivity contribution in [1.29, 1.82) is 0 Å². The molecule has 176 valence electrons. The predicted molar refractivity (Wildman–Crippen MR) is 135 cm³/mol. The van der Waals surface area contributed by atoms with Crippen LogP contribution < -0.4 is 10.6 Å². The summed E-state index contributed by atoms with van der Waals surface area (Å²) in [5.41, 5.74) is 0.670. The quantitative estimate of drug-likeness (QED) is 0.496. The maximum Gasteiger partial charge on any atom is 0.251 e. The van der Waals surface area contributed by atoms with Crippen LogP contribution in [0.3, 0.4) is 0 Å². The molecule has 35 heavy (non-hydrogen) atoms. The van der Waals surface area contributed by atoms with Gasteiger partial charge in [0.2, 0.25) is 5.91 Å². The standard InChI is InChI=1S/C27H22ClN3O3S/c1-14-12-16-22(17(28)13-14)30-25(34)27(16)26(15-6-2-3-7-18(15)29-24(26)33)21(19-8-4-10-31(19)27)23(32)20-9-5-11-35-20/h2-3,5-7,9,11-13,19,21H,4,8,10H2,1H3,(H,29,33)(H,30,34)/t19-,21-,26+,27+/m0/s1. The molecule has 2 saturated heterocycles. The minimum absolute atomic E-state index is 0.0828. The highest BCUT2D eigenvalue weighted by atomic mass is 35.5. The summed E-state index contributed by atoms with van der Waals surface area (Å²) in [6.45, 7) is 2.55. The van der Waals surface area contributed by atoms with E-state index < -0.39 is 16.9 Å². The summed E-state index contributed by atoms with van der Waals surface area (Å²) >= 11 is 8.04. The maximum absolute atomic E-state index is 14.4. The fourth-order valence-corrected chi connectivity index (χ4v) is 8.37. The van der Waals surface area contributed by atoms with Crippen molar-refractivity contribution in [2.75, 3.05) is 17.2 Å². The van der Waals surface area contributed by atoms with Gasteiger partial charge in [0.15, 0.2) is 5.78 Å². The lowest BCUT2D eigenvalue weighted by Gasteiger charge is -2.43. The SMILES string of the molecule is Cc1cc(Cl)c2c(c1)[C@]1(C(=O)N2)N2CCC[C@H]2[C@@H](C(=O)c2cccs2)[C@]12C(=O)Nc1ccccc12. The number of Topliss-reactive ketones (excluding diaryl/α,β-unsaturated/α-hetero) is 1.